The van der Waals surface area contributed by atoms with Gasteiger partial charge in [-0.3, -0.25) is 4.98 Å². The molecule has 0 atom stereocenters. The molecule has 0 aliphatic heterocycles. The first-order valence-electron chi connectivity index (χ1n) is 6.20. The van der Waals surface area contributed by atoms with Gasteiger partial charge in [-0.2, -0.15) is 0 Å². The number of allylic oxidation sites excluding steroid dienone is 2. The van der Waals surface area contributed by atoms with Gasteiger partial charge < -0.3 is 5.73 Å². The van der Waals surface area contributed by atoms with E-state index in [2.05, 4.69) is 36.2 Å². The van der Waals surface area contributed by atoms with Crippen LogP contribution < -0.4 is 5.73 Å². The molecular weight excluding hydrogens is 220 g/mol. The van der Waals surface area contributed by atoms with Gasteiger partial charge in [-0.1, -0.05) is 24.3 Å². The summed E-state index contributed by atoms with van der Waals surface area (Å²) in [6.07, 6.45) is 7.82. The number of anilines is 1. The number of aromatic nitrogens is 1. The number of hydrogen-bond acceptors (Lipinski definition) is 2. The summed E-state index contributed by atoms with van der Waals surface area (Å²) in [5, 5.41) is 0. The summed E-state index contributed by atoms with van der Waals surface area (Å²) in [4.78, 5) is 4.03. The highest BCUT2D eigenvalue weighted by Gasteiger charge is 2.04. The van der Waals surface area contributed by atoms with Crippen LogP contribution in [0.1, 0.15) is 24.5 Å². The summed E-state index contributed by atoms with van der Waals surface area (Å²) in [6, 6.07) is 12.1. The van der Waals surface area contributed by atoms with Crippen LogP contribution in [0.2, 0.25) is 0 Å². The molecule has 2 heteroatoms. The molecule has 1 heterocycles. The average molecular weight is 238 g/mol. The van der Waals surface area contributed by atoms with Crippen molar-refractivity contribution in [2.24, 2.45) is 0 Å². The molecule has 92 valence electrons. The normalized spacial score (nSPS) is 11.5. The van der Waals surface area contributed by atoms with Crippen molar-refractivity contribution in [2.45, 2.75) is 19.8 Å². The van der Waals surface area contributed by atoms with Crippen molar-refractivity contribution in [3.05, 3.63) is 66.0 Å². The molecule has 0 radical (unpaired) electrons. The highest BCUT2D eigenvalue weighted by Crippen LogP contribution is 2.25. The molecule has 0 fully saturated rings. The summed E-state index contributed by atoms with van der Waals surface area (Å²) < 4.78 is 0. The maximum Gasteiger partial charge on any atom is 0.0390 e. The standard InChI is InChI=1S/C16H18N2/c1-2-14(15-5-3-4-6-16(15)17)8-7-13-9-11-18-12-10-13/h2-6,9-12H,7-8,17H2,1H3/b14-2+. The van der Waals surface area contributed by atoms with Crippen molar-refractivity contribution in [3.63, 3.8) is 0 Å². The van der Waals surface area contributed by atoms with Crippen LogP contribution in [0.5, 0.6) is 0 Å². The van der Waals surface area contributed by atoms with Crippen LogP contribution in [0, 0.1) is 0 Å². The Labute approximate surface area is 108 Å². The lowest BCUT2D eigenvalue weighted by atomic mass is 9.97. The number of benzene rings is 1. The van der Waals surface area contributed by atoms with Crippen LogP contribution >= 0.6 is 0 Å². The van der Waals surface area contributed by atoms with E-state index >= 15 is 0 Å². The fraction of sp³-hybridized carbons (Fsp3) is 0.188. The SMILES string of the molecule is C/C=C(\CCc1ccncc1)c1ccccc1N. The second kappa shape index (κ2) is 6.01. The Bertz CT molecular complexity index is 530. The fourth-order valence-electron chi connectivity index (χ4n) is 2.05. The van der Waals surface area contributed by atoms with Crippen molar-refractivity contribution in [3.8, 4) is 0 Å². The number of hydrogen-bond donors (Lipinski definition) is 1. The summed E-state index contributed by atoms with van der Waals surface area (Å²) in [5.74, 6) is 0. The molecule has 0 amide bonds. The number of pyridine rings is 1. The first-order valence-corrected chi connectivity index (χ1v) is 6.20. The van der Waals surface area contributed by atoms with Crippen LogP contribution in [0.3, 0.4) is 0 Å². The van der Waals surface area contributed by atoms with E-state index in [1.54, 1.807) is 0 Å². The summed E-state index contributed by atoms with van der Waals surface area (Å²) in [5.41, 5.74) is 10.6. The molecule has 0 bridgehead atoms. The Morgan fingerprint density at radius 2 is 1.89 bits per heavy atom. The molecule has 0 saturated heterocycles. The quantitative estimate of drug-likeness (QED) is 0.825. The number of para-hydroxylation sites is 1. The minimum Gasteiger partial charge on any atom is -0.398 e. The highest BCUT2D eigenvalue weighted by molar-refractivity contribution is 5.74. The molecule has 0 unspecified atom stereocenters. The van der Waals surface area contributed by atoms with Gasteiger partial charge in [0.05, 0.1) is 0 Å². The largest absolute Gasteiger partial charge is 0.398 e. The fourth-order valence-corrected chi connectivity index (χ4v) is 2.05. The maximum atomic E-state index is 6.02. The predicted octanol–water partition coefficient (Wildman–Crippen LogP) is 3.70. The lowest BCUT2D eigenvalue weighted by molar-refractivity contribution is 1.01. The Kier molecular flexibility index (Phi) is 4.13. The van der Waals surface area contributed by atoms with E-state index in [0.29, 0.717) is 0 Å². The Morgan fingerprint density at radius 3 is 2.56 bits per heavy atom. The van der Waals surface area contributed by atoms with Gasteiger partial charge in [0.1, 0.15) is 0 Å². The molecule has 1 aromatic heterocycles. The van der Waals surface area contributed by atoms with Crippen molar-refractivity contribution < 1.29 is 0 Å². The third kappa shape index (κ3) is 2.98. The van der Waals surface area contributed by atoms with Crippen LogP contribution in [0.25, 0.3) is 5.57 Å². The third-order valence-corrected chi connectivity index (χ3v) is 3.09. The lowest BCUT2D eigenvalue weighted by Gasteiger charge is -2.10. The number of nitrogens with zero attached hydrogens (tertiary/aromatic N) is 1. The number of aryl methyl sites for hydroxylation is 1. The molecule has 1 aromatic carbocycles. The zero-order valence-electron chi connectivity index (χ0n) is 10.6. The van der Waals surface area contributed by atoms with Crippen LogP contribution in [-0.4, -0.2) is 4.98 Å². The third-order valence-electron chi connectivity index (χ3n) is 3.09. The van der Waals surface area contributed by atoms with E-state index in [4.69, 9.17) is 5.73 Å². The molecule has 2 N–H and O–H groups in total. The topological polar surface area (TPSA) is 38.9 Å². The van der Waals surface area contributed by atoms with Gasteiger partial charge in [0.15, 0.2) is 0 Å². The van der Waals surface area contributed by atoms with Gasteiger partial charge in [-0.05, 0) is 49.1 Å². The maximum absolute atomic E-state index is 6.02. The van der Waals surface area contributed by atoms with Crippen molar-refractivity contribution in [1.29, 1.82) is 0 Å². The van der Waals surface area contributed by atoms with E-state index < -0.39 is 0 Å². The van der Waals surface area contributed by atoms with E-state index in [1.165, 1.54) is 11.1 Å². The second-order valence-corrected chi connectivity index (χ2v) is 4.26. The van der Waals surface area contributed by atoms with Gasteiger partial charge in [0.25, 0.3) is 0 Å². The molecular formula is C16H18N2. The molecule has 18 heavy (non-hydrogen) atoms. The van der Waals surface area contributed by atoms with E-state index in [1.807, 2.05) is 30.6 Å². The van der Waals surface area contributed by atoms with Crippen LogP contribution in [-0.2, 0) is 6.42 Å². The highest BCUT2D eigenvalue weighted by atomic mass is 14.6. The Balaban J connectivity index is 2.10. The summed E-state index contributed by atoms with van der Waals surface area (Å²) in [6.45, 7) is 2.06. The summed E-state index contributed by atoms with van der Waals surface area (Å²) >= 11 is 0. The molecule has 0 saturated carbocycles. The molecule has 0 spiro atoms. The minimum atomic E-state index is 0.848. The first kappa shape index (κ1) is 12.4. The Hall–Kier alpha value is -2.09. The molecule has 2 aromatic rings. The number of rotatable bonds is 4. The monoisotopic (exact) mass is 238 g/mol. The zero-order chi connectivity index (χ0) is 12.8. The smallest absolute Gasteiger partial charge is 0.0390 e. The van der Waals surface area contributed by atoms with E-state index in [9.17, 15) is 0 Å². The van der Waals surface area contributed by atoms with E-state index in [0.717, 1.165) is 24.1 Å². The molecule has 0 aliphatic rings. The van der Waals surface area contributed by atoms with Crippen molar-refractivity contribution in [1.82, 2.24) is 4.98 Å². The number of nitrogens with two attached hydrogens (primary N) is 1. The molecule has 2 rings (SSSR count). The van der Waals surface area contributed by atoms with Crippen molar-refractivity contribution >= 4 is 11.3 Å². The van der Waals surface area contributed by atoms with Gasteiger partial charge in [-0.25, -0.2) is 0 Å². The van der Waals surface area contributed by atoms with Gasteiger partial charge in [0, 0.05) is 23.6 Å². The van der Waals surface area contributed by atoms with Crippen molar-refractivity contribution in [2.75, 3.05) is 5.73 Å². The molecule has 2 nitrogen and oxygen atoms in total. The van der Waals surface area contributed by atoms with Gasteiger partial charge in [-0.15, -0.1) is 0 Å². The van der Waals surface area contributed by atoms with Crippen LogP contribution in [0.4, 0.5) is 5.69 Å². The first-order chi connectivity index (χ1) is 8.81. The zero-order valence-corrected chi connectivity index (χ0v) is 10.6. The van der Waals surface area contributed by atoms with Gasteiger partial charge in [0.2, 0.25) is 0 Å². The Morgan fingerprint density at radius 1 is 1.17 bits per heavy atom. The van der Waals surface area contributed by atoms with E-state index in [-0.39, 0.29) is 0 Å². The molecule has 0 aliphatic carbocycles. The second-order valence-electron chi connectivity index (χ2n) is 4.26. The predicted molar refractivity (Wildman–Crippen MR) is 77.1 cm³/mol. The number of nitrogen functional groups attached to an aromatic ring is 1. The van der Waals surface area contributed by atoms with Crippen LogP contribution in [0.15, 0.2) is 54.9 Å². The lowest BCUT2D eigenvalue weighted by Crippen LogP contribution is -1.95. The minimum absolute atomic E-state index is 0.848. The summed E-state index contributed by atoms with van der Waals surface area (Å²) in [7, 11) is 0. The van der Waals surface area contributed by atoms with Gasteiger partial charge >= 0.3 is 0 Å². The average Bonchev–Trinajstić information content (AvgIpc) is 2.42.